The second-order valence-corrected chi connectivity index (χ2v) is 6.10. The fraction of sp³-hybridized carbons (Fsp3) is 0.312. The first kappa shape index (κ1) is 14.8. The van der Waals surface area contributed by atoms with Crippen LogP contribution in [0.4, 0.5) is 0 Å². The van der Waals surface area contributed by atoms with Gasteiger partial charge in [0.25, 0.3) is 0 Å². The number of nitrogens with zero attached hydrogens (tertiary/aromatic N) is 4. The Bertz CT molecular complexity index is 749. The maximum atomic E-state index is 5.89. The SMILES string of the molecule is CSCc1ccc(-c2nc(-c3ccncc3)nn2C(C)C)o1. The summed E-state index contributed by atoms with van der Waals surface area (Å²) in [5, 5.41) is 4.62. The molecule has 114 valence electrons. The molecule has 5 nitrogen and oxygen atoms in total. The van der Waals surface area contributed by atoms with Crippen LogP contribution in [0.25, 0.3) is 23.0 Å². The second kappa shape index (κ2) is 6.36. The lowest BCUT2D eigenvalue weighted by atomic mass is 10.2. The molecule has 3 heterocycles. The van der Waals surface area contributed by atoms with E-state index >= 15 is 0 Å². The molecule has 0 N–H and O–H groups in total. The number of pyridine rings is 1. The van der Waals surface area contributed by atoms with Gasteiger partial charge in [-0.1, -0.05) is 0 Å². The van der Waals surface area contributed by atoms with Crippen molar-refractivity contribution in [1.29, 1.82) is 0 Å². The van der Waals surface area contributed by atoms with E-state index < -0.39 is 0 Å². The Kier molecular flexibility index (Phi) is 4.29. The summed E-state index contributed by atoms with van der Waals surface area (Å²) >= 11 is 1.73. The molecule has 0 radical (unpaired) electrons. The van der Waals surface area contributed by atoms with Crippen molar-refractivity contribution in [2.75, 3.05) is 6.26 Å². The number of aromatic nitrogens is 4. The molecule has 0 aliphatic rings. The van der Waals surface area contributed by atoms with Crippen molar-refractivity contribution in [2.24, 2.45) is 0 Å². The molecule has 0 saturated heterocycles. The third-order valence-electron chi connectivity index (χ3n) is 3.23. The molecule has 0 spiro atoms. The van der Waals surface area contributed by atoms with E-state index in [1.165, 1.54) is 0 Å². The Morgan fingerprint density at radius 3 is 2.64 bits per heavy atom. The third-order valence-corrected chi connectivity index (χ3v) is 3.80. The van der Waals surface area contributed by atoms with Crippen LogP contribution in [0.2, 0.25) is 0 Å². The molecular weight excluding hydrogens is 296 g/mol. The van der Waals surface area contributed by atoms with Crippen molar-refractivity contribution in [1.82, 2.24) is 19.7 Å². The summed E-state index contributed by atoms with van der Waals surface area (Å²) in [5.74, 6) is 4.01. The highest BCUT2D eigenvalue weighted by Gasteiger charge is 2.18. The van der Waals surface area contributed by atoms with Crippen LogP contribution >= 0.6 is 11.8 Å². The first-order chi connectivity index (χ1) is 10.7. The topological polar surface area (TPSA) is 56.7 Å². The average Bonchev–Trinajstić information content (AvgIpc) is 3.15. The van der Waals surface area contributed by atoms with Crippen LogP contribution in [-0.2, 0) is 5.75 Å². The van der Waals surface area contributed by atoms with Gasteiger partial charge in [-0.05, 0) is 44.4 Å². The summed E-state index contributed by atoms with van der Waals surface area (Å²) in [7, 11) is 0. The molecule has 0 amide bonds. The van der Waals surface area contributed by atoms with Crippen molar-refractivity contribution in [3.05, 3.63) is 42.4 Å². The average molecular weight is 314 g/mol. The zero-order chi connectivity index (χ0) is 15.5. The summed E-state index contributed by atoms with van der Waals surface area (Å²) < 4.78 is 7.79. The maximum absolute atomic E-state index is 5.89. The van der Waals surface area contributed by atoms with Gasteiger partial charge in [0, 0.05) is 24.0 Å². The van der Waals surface area contributed by atoms with Crippen LogP contribution in [0, 0.1) is 0 Å². The van der Waals surface area contributed by atoms with E-state index in [0.29, 0.717) is 5.82 Å². The zero-order valence-electron chi connectivity index (χ0n) is 12.9. The highest BCUT2D eigenvalue weighted by molar-refractivity contribution is 7.97. The Morgan fingerprint density at radius 2 is 1.95 bits per heavy atom. The highest BCUT2D eigenvalue weighted by atomic mass is 32.2. The largest absolute Gasteiger partial charge is 0.457 e. The fourth-order valence-corrected chi connectivity index (χ4v) is 2.63. The van der Waals surface area contributed by atoms with Crippen molar-refractivity contribution < 1.29 is 4.42 Å². The van der Waals surface area contributed by atoms with Crippen molar-refractivity contribution in [2.45, 2.75) is 25.6 Å². The van der Waals surface area contributed by atoms with E-state index in [0.717, 1.165) is 28.7 Å². The quantitative estimate of drug-likeness (QED) is 0.711. The van der Waals surface area contributed by atoms with Crippen LogP contribution in [0.15, 0.2) is 41.1 Å². The first-order valence-corrected chi connectivity index (χ1v) is 8.53. The van der Waals surface area contributed by atoms with Gasteiger partial charge < -0.3 is 4.42 Å². The van der Waals surface area contributed by atoms with Crippen LogP contribution in [0.5, 0.6) is 0 Å². The summed E-state index contributed by atoms with van der Waals surface area (Å²) in [6, 6.07) is 7.98. The Morgan fingerprint density at radius 1 is 1.18 bits per heavy atom. The van der Waals surface area contributed by atoms with E-state index in [9.17, 15) is 0 Å². The second-order valence-electron chi connectivity index (χ2n) is 5.23. The van der Waals surface area contributed by atoms with Gasteiger partial charge in [0.15, 0.2) is 17.4 Å². The van der Waals surface area contributed by atoms with Crippen LogP contribution in [-0.4, -0.2) is 26.0 Å². The monoisotopic (exact) mass is 314 g/mol. The van der Waals surface area contributed by atoms with Gasteiger partial charge in [-0.2, -0.15) is 16.9 Å². The number of furan rings is 1. The number of thioether (sulfide) groups is 1. The Labute approximate surface area is 133 Å². The molecule has 22 heavy (non-hydrogen) atoms. The van der Waals surface area contributed by atoms with Crippen molar-refractivity contribution in [3.8, 4) is 23.0 Å². The zero-order valence-corrected chi connectivity index (χ0v) is 13.7. The van der Waals surface area contributed by atoms with Crippen LogP contribution in [0.1, 0.15) is 25.6 Å². The highest BCUT2D eigenvalue weighted by Crippen LogP contribution is 2.27. The lowest BCUT2D eigenvalue weighted by Gasteiger charge is -2.07. The van der Waals surface area contributed by atoms with Gasteiger partial charge >= 0.3 is 0 Å². The third kappa shape index (κ3) is 2.92. The molecular formula is C16H18N4OS. The molecule has 0 fully saturated rings. The van der Waals surface area contributed by atoms with Gasteiger partial charge in [-0.25, -0.2) is 9.67 Å². The molecule has 0 atom stereocenters. The van der Waals surface area contributed by atoms with Crippen molar-refractivity contribution in [3.63, 3.8) is 0 Å². The fourth-order valence-electron chi connectivity index (χ4n) is 2.19. The number of rotatable bonds is 5. The molecule has 0 aliphatic carbocycles. The van der Waals surface area contributed by atoms with E-state index in [1.807, 2.05) is 28.9 Å². The normalized spacial score (nSPS) is 11.3. The summed E-state index contributed by atoms with van der Waals surface area (Å²) in [4.78, 5) is 8.70. The number of hydrogen-bond acceptors (Lipinski definition) is 5. The van der Waals surface area contributed by atoms with Gasteiger partial charge in [-0.15, -0.1) is 0 Å². The molecule has 3 aromatic rings. The molecule has 0 bridgehead atoms. The Hall–Kier alpha value is -2.08. The summed E-state index contributed by atoms with van der Waals surface area (Å²) in [5.41, 5.74) is 0.951. The van der Waals surface area contributed by atoms with Gasteiger partial charge in [0.05, 0.1) is 5.75 Å². The predicted octanol–water partition coefficient (Wildman–Crippen LogP) is 4.04. The maximum Gasteiger partial charge on any atom is 0.195 e. The molecule has 3 aromatic heterocycles. The van der Waals surface area contributed by atoms with E-state index in [2.05, 4.69) is 35.2 Å². The van der Waals surface area contributed by atoms with E-state index in [1.54, 1.807) is 24.2 Å². The molecule has 6 heteroatoms. The molecule has 0 saturated carbocycles. The van der Waals surface area contributed by atoms with Crippen LogP contribution in [0.3, 0.4) is 0 Å². The standard InChI is InChI=1S/C16H18N4OS/c1-11(2)20-16(14-5-4-13(21-14)10-22-3)18-15(19-20)12-6-8-17-9-7-12/h4-9,11H,10H2,1-3H3. The smallest absolute Gasteiger partial charge is 0.195 e. The lowest BCUT2D eigenvalue weighted by molar-refractivity contribution is 0.504. The van der Waals surface area contributed by atoms with Crippen LogP contribution < -0.4 is 0 Å². The van der Waals surface area contributed by atoms with Gasteiger partial charge in [0.1, 0.15) is 5.76 Å². The molecule has 3 rings (SSSR count). The minimum atomic E-state index is 0.201. The Balaban J connectivity index is 2.04. The molecule has 0 aliphatic heterocycles. The minimum Gasteiger partial charge on any atom is -0.457 e. The van der Waals surface area contributed by atoms with E-state index in [-0.39, 0.29) is 6.04 Å². The lowest BCUT2D eigenvalue weighted by Crippen LogP contribution is -2.04. The predicted molar refractivity (Wildman–Crippen MR) is 88.6 cm³/mol. The minimum absolute atomic E-state index is 0.201. The summed E-state index contributed by atoms with van der Waals surface area (Å²) in [6.07, 6.45) is 5.55. The van der Waals surface area contributed by atoms with Gasteiger partial charge in [0.2, 0.25) is 0 Å². The number of hydrogen-bond donors (Lipinski definition) is 0. The molecule has 0 unspecified atom stereocenters. The van der Waals surface area contributed by atoms with Gasteiger partial charge in [-0.3, -0.25) is 4.98 Å². The van der Waals surface area contributed by atoms with E-state index in [4.69, 9.17) is 4.42 Å². The first-order valence-electron chi connectivity index (χ1n) is 7.14. The summed E-state index contributed by atoms with van der Waals surface area (Å²) in [6.45, 7) is 4.17. The van der Waals surface area contributed by atoms with Crippen molar-refractivity contribution >= 4 is 11.8 Å². The molecule has 0 aromatic carbocycles.